The predicted molar refractivity (Wildman–Crippen MR) is 428 cm³/mol. The van der Waals surface area contributed by atoms with Crippen LogP contribution in [0.25, 0.3) is 0 Å². The number of nitro benzene ring substituents is 4. The van der Waals surface area contributed by atoms with Gasteiger partial charge in [-0.3, -0.25) is 40.5 Å². The summed E-state index contributed by atoms with van der Waals surface area (Å²) in [7, 11) is 2.94. The van der Waals surface area contributed by atoms with Gasteiger partial charge in [0.25, 0.3) is 11.4 Å². The number of anilines is 10. The van der Waals surface area contributed by atoms with E-state index in [0.29, 0.717) is 59.1 Å². The van der Waals surface area contributed by atoms with Gasteiger partial charge in [0.05, 0.1) is 48.1 Å². The number of piperazine rings is 2. The van der Waals surface area contributed by atoms with Crippen LogP contribution in [0.4, 0.5) is 102 Å². The third kappa shape index (κ3) is 29.4. The molecule has 31 heteroatoms. The highest BCUT2D eigenvalue weighted by molar-refractivity contribution is 6.58. The number of rotatable bonds is 19. The quantitative estimate of drug-likeness (QED) is 0.0118. The molecule has 13 rings (SSSR count). The van der Waals surface area contributed by atoms with E-state index in [1.807, 2.05) is 60.7 Å². The van der Waals surface area contributed by atoms with Gasteiger partial charge in [-0.05, 0) is 125 Å². The molecule has 110 heavy (non-hydrogen) atoms. The Balaban J connectivity index is 0.000000190. The molecule has 12 N–H and O–H groups in total. The zero-order chi connectivity index (χ0) is 79.3. The first-order valence-electron chi connectivity index (χ1n) is 37.2. The smallest absolute Gasteiger partial charge is 0.423 e. The number of hydrogen-bond donors (Lipinski definition) is 10. The van der Waals surface area contributed by atoms with Gasteiger partial charge in [0, 0.05) is 125 Å². The number of nitro groups is 4. The number of halogens is 5. The summed E-state index contributed by atoms with van der Waals surface area (Å²) in [6, 6.07) is 44.6. The van der Waals surface area contributed by atoms with E-state index in [9.17, 15) is 62.4 Å². The van der Waals surface area contributed by atoms with Gasteiger partial charge in [0.15, 0.2) is 0 Å². The highest BCUT2D eigenvalue weighted by Gasteiger charge is 2.27. The summed E-state index contributed by atoms with van der Waals surface area (Å²) in [5, 5.41) is 79.9. The lowest BCUT2D eigenvalue weighted by Gasteiger charge is -2.35. The molecular weight excluding hydrogens is 1420 g/mol. The molecule has 0 amide bonds. The van der Waals surface area contributed by atoms with Crippen molar-refractivity contribution < 1.29 is 51.7 Å². The number of para-hydroxylation sites is 3. The number of benzene rings is 8. The number of likely N-dealkylation sites (N-methyl/N-ethyl adjacent to an activating group) is 2. The highest BCUT2D eigenvalue weighted by atomic mass is 19.1. The Morgan fingerprint density at radius 1 is 0.427 bits per heavy atom. The van der Waals surface area contributed by atoms with E-state index in [-0.39, 0.29) is 33.4 Å². The van der Waals surface area contributed by atoms with Gasteiger partial charge in [-0.1, -0.05) is 143 Å². The standard InChI is InChI=1S/C24H33N5O2.C19H22FN3O2.C12H8F2N2O2.C7H15N.C6H7BO2.C6H4F2N2O2.C5H12N2/c1-27-12-14-28(15-13-27)23-16-21(25-18-19-8-4-2-5-9-19)24(29(30)31)17-22(23)26-20-10-6-3-7-11-20;20-16-11-18(21-13-14-7-3-1-4-8-14)19(23(24)25)12-17(16)22-15-9-5-2-6-10-15;13-9-6-10(14)12(16(17)18)7-11(9)15-8-4-2-1-3-5-8;8-6-7-4-2-1-3-5-7;8-7(9)6-4-2-1-3-5-6;7-3-1-4(8)6(10(11)12)2-5(3)9;1-7-4-2-6-3-5-7/h3,6-7,10-11,16-17,19,25-26H,2,4-5,8-9,12-15,18H2,1H3;2,5-6,9-12,14,21-22H,1,3-4,7-8,13H2;1-7,15H;7H,1-6,8H2;1-5,8-9H;1-2H,9H2;6H,2-5H2,1H3. The molecule has 0 aromatic heterocycles. The number of hydrogen-bond acceptors (Lipinski definition) is 21. The minimum atomic E-state index is -1.34. The summed E-state index contributed by atoms with van der Waals surface area (Å²) in [5.74, 6) is -2.87. The van der Waals surface area contributed by atoms with Gasteiger partial charge in [-0.15, -0.1) is 0 Å². The van der Waals surface area contributed by atoms with E-state index in [2.05, 4.69) is 60.7 Å². The predicted octanol–water partition coefficient (Wildman–Crippen LogP) is 16.0. The SMILES string of the molecule is CN1CCN(c2cc(NCC3CCCCC3)c([N+](=O)[O-])cc2Nc2ccccc2)CC1.CN1CCNCC1.NCC1CCCCC1.Nc1cc([N+](=O)[O-])c(F)cc1F.O=[N+]([O-])c1cc(Nc2ccccc2)c(F)cc1F.O=[N+]([O-])c1cc(Nc2ccccc2)c(F)cc1NCC1CCCCC1.OB(O)c1ccccc1. The van der Waals surface area contributed by atoms with Crippen molar-refractivity contribution in [2.45, 2.75) is 96.3 Å². The lowest BCUT2D eigenvalue weighted by atomic mass is 9.81. The van der Waals surface area contributed by atoms with Crippen LogP contribution < -0.4 is 53.7 Å². The third-order valence-electron chi connectivity index (χ3n) is 19.2. The minimum Gasteiger partial charge on any atom is -0.423 e. The molecule has 3 saturated carbocycles. The Hall–Kier alpha value is -10.6. The largest absolute Gasteiger partial charge is 0.488 e. The van der Waals surface area contributed by atoms with Crippen LogP contribution in [-0.4, -0.2) is 133 Å². The van der Waals surface area contributed by atoms with Gasteiger partial charge in [0.1, 0.15) is 28.8 Å². The summed E-state index contributed by atoms with van der Waals surface area (Å²) < 4.78 is 66.0. The van der Waals surface area contributed by atoms with Crippen molar-refractivity contribution in [1.82, 2.24) is 15.1 Å². The molecule has 590 valence electrons. The third-order valence-corrected chi connectivity index (χ3v) is 19.2. The Morgan fingerprint density at radius 3 is 1.16 bits per heavy atom. The molecule has 3 aliphatic carbocycles. The second-order valence-corrected chi connectivity index (χ2v) is 27.5. The Labute approximate surface area is 638 Å². The average molecular weight is 1530 g/mol. The summed E-state index contributed by atoms with van der Waals surface area (Å²) in [4.78, 5) is 48.3. The number of nitrogens with one attached hydrogen (secondary N) is 6. The second-order valence-electron chi connectivity index (χ2n) is 27.5. The molecule has 0 spiro atoms. The van der Waals surface area contributed by atoms with Crippen LogP contribution in [0.15, 0.2) is 170 Å². The molecule has 25 nitrogen and oxygen atoms in total. The Kier molecular flexibility index (Phi) is 36.3. The van der Waals surface area contributed by atoms with Gasteiger partial charge >= 0.3 is 18.5 Å². The van der Waals surface area contributed by atoms with Crippen molar-refractivity contribution in [3.05, 3.63) is 239 Å². The van der Waals surface area contributed by atoms with Gasteiger partial charge in [-0.2, -0.15) is 8.78 Å². The molecule has 5 aliphatic rings. The molecule has 0 bridgehead atoms. The average Bonchev–Trinajstić information content (AvgIpc) is 0.799. The monoisotopic (exact) mass is 1530 g/mol. The molecule has 5 fully saturated rings. The summed E-state index contributed by atoms with van der Waals surface area (Å²) >= 11 is 0. The Morgan fingerprint density at radius 2 is 0.782 bits per heavy atom. The fourth-order valence-corrected chi connectivity index (χ4v) is 12.8. The van der Waals surface area contributed by atoms with E-state index in [1.54, 1.807) is 72.8 Å². The molecule has 0 atom stereocenters. The van der Waals surface area contributed by atoms with Crippen molar-refractivity contribution in [2.75, 3.05) is 123 Å². The fourth-order valence-electron chi connectivity index (χ4n) is 12.8. The van der Waals surface area contributed by atoms with Gasteiger partial charge in [0.2, 0.25) is 11.6 Å². The summed E-state index contributed by atoms with van der Waals surface area (Å²) in [5.41, 5.74) is 13.8. The van der Waals surface area contributed by atoms with Crippen LogP contribution in [0.1, 0.15) is 96.3 Å². The van der Waals surface area contributed by atoms with Crippen molar-refractivity contribution in [3.63, 3.8) is 0 Å². The maximum atomic E-state index is 14.4. The maximum absolute atomic E-state index is 14.4. The van der Waals surface area contributed by atoms with Crippen molar-refractivity contribution >= 4 is 92.2 Å². The highest BCUT2D eigenvalue weighted by Crippen LogP contribution is 2.40. The zero-order valence-electron chi connectivity index (χ0n) is 62.2. The van der Waals surface area contributed by atoms with Crippen molar-refractivity contribution in [1.29, 1.82) is 0 Å². The second kappa shape index (κ2) is 46.1. The van der Waals surface area contributed by atoms with E-state index < -0.39 is 68.0 Å². The van der Waals surface area contributed by atoms with Crippen molar-refractivity contribution in [3.8, 4) is 0 Å². The molecule has 2 aliphatic heterocycles. The van der Waals surface area contributed by atoms with E-state index in [0.717, 1.165) is 94.2 Å². The molecular formula is C79H101BF5N15O10. The van der Waals surface area contributed by atoms with Gasteiger partial charge < -0.3 is 68.1 Å². The maximum Gasteiger partial charge on any atom is 0.488 e. The first kappa shape index (κ1) is 86.7. The van der Waals surface area contributed by atoms with E-state index in [1.165, 1.54) is 109 Å². The van der Waals surface area contributed by atoms with Crippen molar-refractivity contribution in [2.24, 2.45) is 23.5 Å². The van der Waals surface area contributed by atoms with Crippen LogP contribution in [0.5, 0.6) is 0 Å². The lowest BCUT2D eigenvalue weighted by Crippen LogP contribution is -2.44. The van der Waals surface area contributed by atoms with Crippen LogP contribution in [0, 0.1) is 87.3 Å². The van der Waals surface area contributed by atoms with Crippen LogP contribution in [0.3, 0.4) is 0 Å². The number of nitrogens with two attached hydrogens (primary N) is 2. The first-order chi connectivity index (χ1) is 53.0. The zero-order valence-corrected chi connectivity index (χ0v) is 62.2. The Bertz CT molecular complexity index is 4130. The topological polar surface area (TPSA) is 347 Å². The van der Waals surface area contributed by atoms with Crippen LogP contribution >= 0.6 is 0 Å². The number of nitrogens with zero attached hydrogens (tertiary/aromatic N) is 7. The summed E-state index contributed by atoms with van der Waals surface area (Å²) in [6.45, 7) is 10.9. The molecule has 0 unspecified atom stereocenters. The molecule has 2 saturated heterocycles. The molecule has 0 radical (unpaired) electrons. The van der Waals surface area contributed by atoms with Crippen LogP contribution in [0.2, 0.25) is 0 Å². The lowest BCUT2D eigenvalue weighted by molar-refractivity contribution is -0.387. The first-order valence-corrected chi connectivity index (χ1v) is 37.2. The number of nitrogen functional groups attached to an aromatic ring is 1. The summed E-state index contributed by atoms with van der Waals surface area (Å²) in [6.07, 6.45) is 19.2. The minimum absolute atomic E-state index is 0.0983. The van der Waals surface area contributed by atoms with Crippen LogP contribution in [-0.2, 0) is 0 Å². The fraction of sp³-hybridized carbons (Fsp3) is 0.392. The molecule has 8 aromatic carbocycles. The normalized spacial score (nSPS) is 15.3. The molecule has 8 aromatic rings. The molecule has 2 heterocycles. The van der Waals surface area contributed by atoms with E-state index in [4.69, 9.17) is 21.5 Å². The van der Waals surface area contributed by atoms with Gasteiger partial charge in [-0.25, -0.2) is 13.2 Å². The van der Waals surface area contributed by atoms with E-state index >= 15 is 0 Å².